The lowest BCUT2D eigenvalue weighted by atomic mass is 9.83. The molecule has 1 spiro atoms. The molecule has 2 atom stereocenters. The Bertz CT molecular complexity index is 588. The van der Waals surface area contributed by atoms with Gasteiger partial charge in [0, 0.05) is 51.2 Å². The van der Waals surface area contributed by atoms with Crippen LogP contribution in [0.3, 0.4) is 0 Å². The largest absolute Gasteiger partial charge is 0.392 e. The molecule has 0 bridgehead atoms. The van der Waals surface area contributed by atoms with Crippen LogP contribution in [-0.2, 0) is 0 Å². The van der Waals surface area contributed by atoms with Crippen LogP contribution in [0, 0.1) is 0 Å². The van der Waals surface area contributed by atoms with Crippen LogP contribution < -0.4 is 0 Å². The Hall–Kier alpha value is -1.50. The molecule has 3 aliphatic heterocycles. The summed E-state index contributed by atoms with van der Waals surface area (Å²) in [6, 6.07) is 4.05. The van der Waals surface area contributed by atoms with Gasteiger partial charge in [-0.15, -0.1) is 0 Å². The zero-order valence-corrected chi connectivity index (χ0v) is 13.6. The van der Waals surface area contributed by atoms with E-state index in [-0.39, 0.29) is 17.6 Å². The Labute approximate surface area is 136 Å². The number of carbonyl (C=O) groups excluding carboxylic acids is 1. The molecule has 0 saturated carbocycles. The number of β-amino-alcohol motifs (C(OH)–C–C–N with tert-alkyl or cyclic N) is 1. The van der Waals surface area contributed by atoms with Gasteiger partial charge in [0.1, 0.15) is 0 Å². The van der Waals surface area contributed by atoms with Crippen molar-refractivity contribution in [2.75, 3.05) is 39.3 Å². The average molecular weight is 316 g/mol. The molecular weight excluding hydrogens is 292 g/mol. The van der Waals surface area contributed by atoms with E-state index in [4.69, 9.17) is 0 Å². The summed E-state index contributed by atoms with van der Waals surface area (Å²) in [7, 11) is 0. The number of aromatic nitrogens is 1. The van der Waals surface area contributed by atoms with E-state index in [1.54, 1.807) is 18.5 Å². The van der Waals surface area contributed by atoms with Gasteiger partial charge in [0.2, 0.25) is 0 Å². The second-order valence-corrected chi connectivity index (χ2v) is 7.15. The van der Waals surface area contributed by atoms with Crippen LogP contribution in [0.5, 0.6) is 0 Å². The molecule has 0 aromatic carbocycles. The maximum atomic E-state index is 12.6. The van der Waals surface area contributed by atoms with Gasteiger partial charge in [-0.2, -0.15) is 0 Å². The van der Waals surface area contributed by atoms with Crippen molar-refractivity contribution in [2.45, 2.75) is 31.0 Å². The molecule has 3 saturated heterocycles. The first-order chi connectivity index (χ1) is 11.1. The summed E-state index contributed by atoms with van der Waals surface area (Å²) >= 11 is 0. The molecule has 0 unspecified atom stereocenters. The number of nitrogens with zero attached hydrogens (tertiary/aromatic N) is 4. The van der Waals surface area contributed by atoms with Crippen molar-refractivity contribution in [1.82, 2.24) is 19.7 Å². The van der Waals surface area contributed by atoms with Crippen molar-refractivity contribution in [1.29, 1.82) is 0 Å². The maximum absolute atomic E-state index is 12.6. The molecule has 0 aliphatic carbocycles. The lowest BCUT2D eigenvalue weighted by Crippen LogP contribution is -2.78. The summed E-state index contributed by atoms with van der Waals surface area (Å²) in [4.78, 5) is 23.5. The number of amides is 1. The molecule has 4 heterocycles. The molecule has 6 nitrogen and oxygen atoms in total. The first-order valence-electron chi connectivity index (χ1n) is 8.48. The smallest absolute Gasteiger partial charge is 0.255 e. The number of aliphatic hydroxyl groups is 1. The number of likely N-dealkylation sites (tertiary alicyclic amines) is 1. The van der Waals surface area contributed by atoms with E-state index in [9.17, 15) is 9.90 Å². The van der Waals surface area contributed by atoms with Gasteiger partial charge in [-0.1, -0.05) is 6.92 Å². The van der Waals surface area contributed by atoms with E-state index in [0.717, 1.165) is 45.7 Å². The molecule has 1 aromatic rings. The molecule has 23 heavy (non-hydrogen) atoms. The van der Waals surface area contributed by atoms with Crippen molar-refractivity contribution >= 4 is 5.91 Å². The normalized spacial score (nSPS) is 30.3. The first kappa shape index (κ1) is 15.1. The predicted molar refractivity (Wildman–Crippen MR) is 86.1 cm³/mol. The Kier molecular flexibility index (Phi) is 3.63. The molecule has 124 valence electrons. The quantitative estimate of drug-likeness (QED) is 0.835. The lowest BCUT2D eigenvalue weighted by Gasteiger charge is -2.61. The van der Waals surface area contributed by atoms with Crippen LogP contribution in [0.15, 0.2) is 24.5 Å². The third-order valence-electron chi connectivity index (χ3n) is 5.60. The van der Waals surface area contributed by atoms with Crippen LogP contribution in [-0.4, -0.2) is 87.7 Å². The maximum Gasteiger partial charge on any atom is 0.255 e. The standard InChI is InChI=1S/C17H24N4O2/c1-2-19-8-14-6-15(22)9-21(14)17(10-19)11-20(12-17)16(23)13-4-3-5-18-7-13/h3-5,7,14-15,22H,2,6,8-12H2,1H3/t14-,15+/m0/s1. The molecular formula is C17H24N4O2. The molecule has 3 fully saturated rings. The summed E-state index contributed by atoms with van der Waals surface area (Å²) in [5.41, 5.74) is 0.678. The minimum absolute atomic E-state index is 0.0221. The number of hydrogen-bond acceptors (Lipinski definition) is 5. The fraction of sp³-hybridized carbons (Fsp3) is 0.647. The highest BCUT2D eigenvalue weighted by Gasteiger charge is 2.56. The molecule has 3 aliphatic rings. The number of likely N-dealkylation sites (N-methyl/N-ethyl adjacent to an activating group) is 1. The number of aliphatic hydroxyl groups excluding tert-OH is 1. The summed E-state index contributed by atoms with van der Waals surface area (Å²) in [6.45, 7) is 7.48. The summed E-state index contributed by atoms with van der Waals surface area (Å²) in [5, 5.41) is 10.1. The van der Waals surface area contributed by atoms with E-state index in [2.05, 4.69) is 21.7 Å². The van der Waals surface area contributed by atoms with Gasteiger partial charge in [-0.25, -0.2) is 0 Å². The number of carbonyl (C=O) groups is 1. The van der Waals surface area contributed by atoms with E-state index >= 15 is 0 Å². The lowest BCUT2D eigenvalue weighted by molar-refractivity contribution is -0.0988. The number of hydrogen-bond donors (Lipinski definition) is 1. The van der Waals surface area contributed by atoms with Gasteiger partial charge in [0.15, 0.2) is 0 Å². The van der Waals surface area contributed by atoms with Gasteiger partial charge in [-0.05, 0) is 25.1 Å². The van der Waals surface area contributed by atoms with Gasteiger partial charge in [-0.3, -0.25) is 14.7 Å². The van der Waals surface area contributed by atoms with Crippen LogP contribution in [0.2, 0.25) is 0 Å². The Morgan fingerprint density at radius 2 is 2.22 bits per heavy atom. The van der Waals surface area contributed by atoms with Crippen molar-refractivity contribution in [2.24, 2.45) is 0 Å². The Morgan fingerprint density at radius 3 is 2.91 bits per heavy atom. The van der Waals surface area contributed by atoms with Crippen LogP contribution in [0.25, 0.3) is 0 Å². The van der Waals surface area contributed by atoms with E-state index < -0.39 is 0 Å². The number of pyridine rings is 1. The predicted octanol–water partition coefficient (Wildman–Crippen LogP) is 0.0469. The van der Waals surface area contributed by atoms with Crippen molar-refractivity contribution in [3.05, 3.63) is 30.1 Å². The zero-order valence-electron chi connectivity index (χ0n) is 13.6. The molecule has 6 heteroatoms. The van der Waals surface area contributed by atoms with E-state index in [1.165, 1.54) is 0 Å². The monoisotopic (exact) mass is 316 g/mol. The molecule has 4 rings (SSSR count). The minimum atomic E-state index is -0.225. The number of rotatable bonds is 2. The van der Waals surface area contributed by atoms with Gasteiger partial charge >= 0.3 is 0 Å². The Balaban J connectivity index is 1.50. The molecule has 1 amide bonds. The van der Waals surface area contributed by atoms with Crippen molar-refractivity contribution in [3.8, 4) is 0 Å². The fourth-order valence-corrected chi connectivity index (χ4v) is 4.52. The second kappa shape index (κ2) is 5.54. The number of fused-ring (bicyclic) bond motifs is 2. The van der Waals surface area contributed by atoms with Crippen LogP contribution >= 0.6 is 0 Å². The van der Waals surface area contributed by atoms with Gasteiger partial charge in [0.05, 0.1) is 17.2 Å². The molecule has 0 radical (unpaired) electrons. The van der Waals surface area contributed by atoms with Gasteiger partial charge < -0.3 is 14.9 Å². The SMILES string of the molecule is CCN1C[C@@H]2C[C@@H](O)CN2C2(C1)CN(C(=O)c1cccnc1)C2. The van der Waals surface area contributed by atoms with E-state index in [1.807, 2.05) is 11.0 Å². The molecule has 1 aromatic heterocycles. The van der Waals surface area contributed by atoms with E-state index in [0.29, 0.717) is 11.6 Å². The summed E-state index contributed by atoms with van der Waals surface area (Å²) in [6.07, 6.45) is 3.95. The number of piperazine rings is 1. The summed E-state index contributed by atoms with van der Waals surface area (Å²) < 4.78 is 0. The van der Waals surface area contributed by atoms with Crippen molar-refractivity contribution in [3.63, 3.8) is 0 Å². The van der Waals surface area contributed by atoms with Gasteiger partial charge in [0.25, 0.3) is 5.91 Å². The zero-order chi connectivity index (χ0) is 16.0. The second-order valence-electron chi connectivity index (χ2n) is 7.15. The minimum Gasteiger partial charge on any atom is -0.392 e. The summed E-state index contributed by atoms with van der Waals surface area (Å²) in [5.74, 6) is 0.0636. The third kappa shape index (κ3) is 2.45. The highest BCUT2D eigenvalue weighted by molar-refractivity contribution is 5.94. The van der Waals surface area contributed by atoms with Crippen molar-refractivity contribution < 1.29 is 9.90 Å². The molecule has 1 N–H and O–H groups in total. The fourth-order valence-electron chi connectivity index (χ4n) is 4.52. The first-order valence-corrected chi connectivity index (χ1v) is 8.48. The average Bonchev–Trinajstić information content (AvgIpc) is 2.92. The third-order valence-corrected chi connectivity index (χ3v) is 5.60. The van der Waals surface area contributed by atoms with Crippen LogP contribution in [0.1, 0.15) is 23.7 Å². The van der Waals surface area contributed by atoms with Crippen LogP contribution in [0.4, 0.5) is 0 Å². The highest BCUT2D eigenvalue weighted by Crippen LogP contribution is 2.39. The Morgan fingerprint density at radius 1 is 1.39 bits per heavy atom. The highest BCUT2D eigenvalue weighted by atomic mass is 16.3. The topological polar surface area (TPSA) is 59.9 Å².